The minimum atomic E-state index is -0.518. The topological polar surface area (TPSA) is 122 Å². The number of hydrogen-bond donors (Lipinski definition) is 2. The third-order valence-corrected chi connectivity index (χ3v) is 4.61. The highest BCUT2D eigenvalue weighted by Gasteiger charge is 2.25. The van der Waals surface area contributed by atoms with Gasteiger partial charge in [0, 0.05) is 23.9 Å². The minimum Gasteiger partial charge on any atom is -0.357 e. The van der Waals surface area contributed by atoms with Gasteiger partial charge < -0.3 is 15.4 Å². The van der Waals surface area contributed by atoms with Gasteiger partial charge in [0.25, 0.3) is 11.8 Å². The Morgan fingerprint density at radius 3 is 2.97 bits per heavy atom. The molecule has 2 aromatic heterocycles. The number of aromatic nitrogens is 3. The van der Waals surface area contributed by atoms with E-state index < -0.39 is 11.8 Å². The SMILES string of the molecule is C[C@@H](CC#N)NC(=O)c1nn(C2CCCCO2)cc1NC(=O)c1cc(Cl)ccn1. The van der Waals surface area contributed by atoms with Crippen LogP contribution >= 0.6 is 11.6 Å². The lowest BCUT2D eigenvalue weighted by atomic mass is 10.2. The van der Waals surface area contributed by atoms with Gasteiger partial charge in [-0.15, -0.1) is 0 Å². The Kier molecular flexibility index (Phi) is 6.80. The van der Waals surface area contributed by atoms with Gasteiger partial charge in [-0.25, -0.2) is 4.68 Å². The molecular formula is C19H21ClN6O3. The van der Waals surface area contributed by atoms with Crippen LogP contribution in [0, 0.1) is 11.3 Å². The fourth-order valence-corrected chi connectivity index (χ4v) is 3.09. The van der Waals surface area contributed by atoms with Gasteiger partial charge in [-0.2, -0.15) is 10.4 Å². The highest BCUT2D eigenvalue weighted by Crippen LogP contribution is 2.25. The van der Waals surface area contributed by atoms with Crippen molar-refractivity contribution in [3.05, 3.63) is 40.9 Å². The summed E-state index contributed by atoms with van der Waals surface area (Å²) in [5.41, 5.74) is 0.385. The lowest BCUT2D eigenvalue weighted by molar-refractivity contribution is -0.0395. The van der Waals surface area contributed by atoms with E-state index in [1.165, 1.54) is 12.3 Å². The van der Waals surface area contributed by atoms with Gasteiger partial charge in [-0.1, -0.05) is 11.6 Å². The van der Waals surface area contributed by atoms with Gasteiger partial charge in [0.15, 0.2) is 5.69 Å². The van der Waals surface area contributed by atoms with Crippen molar-refractivity contribution >= 4 is 29.1 Å². The van der Waals surface area contributed by atoms with E-state index >= 15 is 0 Å². The van der Waals surface area contributed by atoms with Gasteiger partial charge in [0.05, 0.1) is 24.4 Å². The number of carbonyl (C=O) groups excluding carboxylic acids is 2. The van der Waals surface area contributed by atoms with Crippen molar-refractivity contribution in [2.45, 2.75) is 44.9 Å². The standard InChI is InChI=1S/C19H21ClN6O3/c1-12(5-7-21)23-19(28)17-15(11-26(25-17)16-4-2-3-9-29-16)24-18(27)14-10-13(20)6-8-22-14/h6,8,10-12,16H,2-5,9H2,1H3,(H,23,28)(H,24,27)/t12-,16?/m0/s1. The molecule has 3 heterocycles. The molecule has 2 N–H and O–H groups in total. The molecule has 2 atom stereocenters. The highest BCUT2D eigenvalue weighted by atomic mass is 35.5. The van der Waals surface area contributed by atoms with Crippen LogP contribution in [0.15, 0.2) is 24.5 Å². The number of anilines is 1. The maximum Gasteiger partial charge on any atom is 0.274 e. The summed E-state index contributed by atoms with van der Waals surface area (Å²) in [6, 6.07) is 4.64. The molecule has 0 bridgehead atoms. The summed E-state index contributed by atoms with van der Waals surface area (Å²) in [7, 11) is 0. The molecule has 1 aliphatic heterocycles. The van der Waals surface area contributed by atoms with Gasteiger partial charge >= 0.3 is 0 Å². The highest BCUT2D eigenvalue weighted by molar-refractivity contribution is 6.31. The Hall–Kier alpha value is -2.96. The first-order chi connectivity index (χ1) is 14.0. The normalized spacial score (nSPS) is 17.2. The van der Waals surface area contributed by atoms with Crippen LogP contribution in [0.4, 0.5) is 5.69 Å². The maximum absolute atomic E-state index is 12.7. The monoisotopic (exact) mass is 416 g/mol. The van der Waals surface area contributed by atoms with E-state index in [0.29, 0.717) is 11.6 Å². The van der Waals surface area contributed by atoms with Crippen molar-refractivity contribution in [3.8, 4) is 6.07 Å². The molecule has 1 aliphatic rings. The third kappa shape index (κ3) is 5.31. The summed E-state index contributed by atoms with van der Waals surface area (Å²) < 4.78 is 7.27. The van der Waals surface area contributed by atoms with Gasteiger partial charge in [-0.05, 0) is 38.3 Å². The van der Waals surface area contributed by atoms with Gasteiger partial charge in [0.1, 0.15) is 11.9 Å². The number of pyridine rings is 1. The summed E-state index contributed by atoms with van der Waals surface area (Å²) in [5, 5.41) is 18.9. The van der Waals surface area contributed by atoms with Crippen LogP contribution in [-0.2, 0) is 4.74 Å². The zero-order chi connectivity index (χ0) is 20.8. The van der Waals surface area contributed by atoms with Crippen LogP contribution in [-0.4, -0.2) is 39.2 Å². The van der Waals surface area contributed by atoms with Crippen molar-refractivity contribution < 1.29 is 14.3 Å². The van der Waals surface area contributed by atoms with E-state index in [0.717, 1.165) is 19.3 Å². The number of halogens is 1. The maximum atomic E-state index is 12.7. The summed E-state index contributed by atoms with van der Waals surface area (Å²) in [6.45, 7) is 2.33. The number of rotatable bonds is 6. The molecule has 1 saturated heterocycles. The van der Waals surface area contributed by atoms with E-state index in [1.807, 2.05) is 6.07 Å². The molecule has 9 nitrogen and oxygen atoms in total. The number of nitrogens with zero attached hydrogens (tertiary/aromatic N) is 4. The zero-order valence-electron chi connectivity index (χ0n) is 15.9. The Labute approximate surface area is 173 Å². The van der Waals surface area contributed by atoms with Gasteiger partial charge in [0.2, 0.25) is 0 Å². The molecule has 0 aromatic carbocycles. The second kappa shape index (κ2) is 9.49. The van der Waals surface area contributed by atoms with E-state index in [9.17, 15) is 9.59 Å². The molecule has 0 radical (unpaired) electrons. The Morgan fingerprint density at radius 1 is 1.45 bits per heavy atom. The van der Waals surface area contributed by atoms with Crippen molar-refractivity contribution in [3.63, 3.8) is 0 Å². The van der Waals surface area contributed by atoms with E-state index in [-0.39, 0.29) is 35.8 Å². The number of ether oxygens (including phenoxy) is 1. The quantitative estimate of drug-likeness (QED) is 0.746. The van der Waals surface area contributed by atoms with Crippen LogP contribution in [0.3, 0.4) is 0 Å². The number of amides is 2. The number of nitrogens with one attached hydrogen (secondary N) is 2. The first-order valence-electron chi connectivity index (χ1n) is 9.29. The van der Waals surface area contributed by atoms with Crippen LogP contribution < -0.4 is 10.6 Å². The molecular weight excluding hydrogens is 396 g/mol. The molecule has 3 rings (SSSR count). The molecule has 29 heavy (non-hydrogen) atoms. The largest absolute Gasteiger partial charge is 0.357 e. The molecule has 1 unspecified atom stereocenters. The first kappa shape index (κ1) is 20.8. The van der Waals surface area contributed by atoms with E-state index in [1.54, 1.807) is 23.9 Å². The third-order valence-electron chi connectivity index (χ3n) is 4.38. The Morgan fingerprint density at radius 2 is 2.28 bits per heavy atom. The summed E-state index contributed by atoms with van der Waals surface area (Å²) in [6.07, 6.45) is 5.57. The van der Waals surface area contributed by atoms with Crippen LogP contribution in [0.1, 0.15) is 59.8 Å². The minimum absolute atomic E-state index is 0.0411. The molecule has 0 saturated carbocycles. The average molecular weight is 417 g/mol. The summed E-state index contributed by atoms with van der Waals surface area (Å²) >= 11 is 5.92. The molecule has 10 heteroatoms. The fourth-order valence-electron chi connectivity index (χ4n) is 2.93. The number of carbonyl (C=O) groups is 2. The van der Waals surface area contributed by atoms with Crippen molar-refractivity contribution in [1.29, 1.82) is 5.26 Å². The van der Waals surface area contributed by atoms with Crippen LogP contribution in [0.25, 0.3) is 0 Å². The molecule has 0 aliphatic carbocycles. The Balaban J connectivity index is 1.86. The molecule has 2 amide bonds. The molecule has 1 fully saturated rings. The number of nitriles is 1. The van der Waals surface area contributed by atoms with Crippen molar-refractivity contribution in [2.24, 2.45) is 0 Å². The number of hydrogen-bond acceptors (Lipinski definition) is 6. The lowest BCUT2D eigenvalue weighted by Gasteiger charge is -2.22. The first-order valence-corrected chi connectivity index (χ1v) is 9.67. The second-order valence-electron chi connectivity index (χ2n) is 6.74. The van der Waals surface area contributed by atoms with E-state index in [2.05, 4.69) is 20.7 Å². The van der Waals surface area contributed by atoms with Crippen molar-refractivity contribution in [2.75, 3.05) is 11.9 Å². The fraction of sp³-hybridized carbons (Fsp3) is 0.421. The average Bonchev–Trinajstić information content (AvgIpc) is 3.13. The Bertz CT molecular complexity index is 932. The molecule has 2 aromatic rings. The predicted molar refractivity (Wildman–Crippen MR) is 105 cm³/mol. The van der Waals surface area contributed by atoms with Gasteiger partial charge in [-0.3, -0.25) is 14.6 Å². The summed E-state index contributed by atoms with van der Waals surface area (Å²) in [4.78, 5) is 29.3. The molecule has 152 valence electrons. The lowest BCUT2D eigenvalue weighted by Crippen LogP contribution is -2.33. The second-order valence-corrected chi connectivity index (χ2v) is 7.18. The van der Waals surface area contributed by atoms with Crippen LogP contribution in [0.2, 0.25) is 5.02 Å². The van der Waals surface area contributed by atoms with Crippen LogP contribution in [0.5, 0.6) is 0 Å². The molecule has 0 spiro atoms. The smallest absolute Gasteiger partial charge is 0.274 e. The predicted octanol–water partition coefficient (Wildman–Crippen LogP) is 2.91. The van der Waals surface area contributed by atoms with Crippen molar-refractivity contribution in [1.82, 2.24) is 20.1 Å². The van der Waals surface area contributed by atoms with E-state index in [4.69, 9.17) is 21.6 Å². The zero-order valence-corrected chi connectivity index (χ0v) is 16.6. The summed E-state index contributed by atoms with van der Waals surface area (Å²) in [5.74, 6) is -1.01.